The molecule has 1 N–H and O–H groups in total. The van der Waals surface area contributed by atoms with E-state index in [-0.39, 0.29) is 6.42 Å². The summed E-state index contributed by atoms with van der Waals surface area (Å²) in [6.45, 7) is 0. The molecule has 0 atom stereocenters. The molecule has 1 heterocycles. The summed E-state index contributed by atoms with van der Waals surface area (Å²) < 4.78 is 1.95. The largest absolute Gasteiger partial charge is 0.481 e. The Hall–Kier alpha value is -1.32. The molecule has 2 rings (SSSR count). The lowest BCUT2D eigenvalue weighted by molar-refractivity contribution is -0.136. The maximum Gasteiger partial charge on any atom is 0.309 e. The van der Waals surface area contributed by atoms with Crippen molar-refractivity contribution in [1.82, 2.24) is 9.55 Å². The molecule has 1 aliphatic rings. The second-order valence-electron chi connectivity index (χ2n) is 4.22. The Kier molecular flexibility index (Phi) is 2.75. The molecule has 1 fully saturated rings. The van der Waals surface area contributed by atoms with Crippen LogP contribution in [0.3, 0.4) is 0 Å². The van der Waals surface area contributed by atoms with Crippen molar-refractivity contribution in [3.8, 4) is 0 Å². The van der Waals surface area contributed by atoms with E-state index >= 15 is 0 Å². The number of rotatable bonds is 3. The van der Waals surface area contributed by atoms with E-state index in [1.807, 2.05) is 11.6 Å². The summed E-state index contributed by atoms with van der Waals surface area (Å²) in [5.41, 5.74) is 0.796. The monoisotopic (exact) mass is 208 g/mol. The summed E-state index contributed by atoms with van der Waals surface area (Å²) in [7, 11) is 1.92. The van der Waals surface area contributed by atoms with E-state index in [2.05, 4.69) is 4.98 Å². The van der Waals surface area contributed by atoms with Crippen LogP contribution >= 0.6 is 0 Å². The van der Waals surface area contributed by atoms with E-state index in [1.54, 1.807) is 6.20 Å². The van der Waals surface area contributed by atoms with Crippen molar-refractivity contribution in [3.63, 3.8) is 0 Å². The number of carboxylic acids is 1. The Morgan fingerprint density at radius 1 is 1.60 bits per heavy atom. The Bertz CT molecular complexity index is 365. The standard InChI is InChI=1S/C11H16N2O2/c1-13-9(6-10(14)15)7-12-11(13)8-4-2-3-5-8/h7-8H,2-6H2,1H3,(H,14,15). The Morgan fingerprint density at radius 3 is 2.87 bits per heavy atom. The molecule has 0 saturated heterocycles. The minimum Gasteiger partial charge on any atom is -0.481 e. The molecule has 82 valence electrons. The van der Waals surface area contributed by atoms with Gasteiger partial charge in [-0.1, -0.05) is 12.8 Å². The van der Waals surface area contributed by atoms with Gasteiger partial charge >= 0.3 is 5.97 Å². The highest BCUT2D eigenvalue weighted by Crippen LogP contribution is 2.33. The van der Waals surface area contributed by atoms with Gasteiger partial charge in [0, 0.05) is 24.9 Å². The van der Waals surface area contributed by atoms with E-state index in [9.17, 15) is 4.79 Å². The summed E-state index contributed by atoms with van der Waals surface area (Å²) in [6.07, 6.45) is 6.68. The second kappa shape index (κ2) is 4.04. The molecule has 0 bridgehead atoms. The number of aliphatic carboxylic acids is 1. The van der Waals surface area contributed by atoms with Crippen LogP contribution in [0, 0.1) is 0 Å². The third kappa shape index (κ3) is 2.03. The highest BCUT2D eigenvalue weighted by Gasteiger charge is 2.22. The van der Waals surface area contributed by atoms with Crippen LogP contribution in [0.25, 0.3) is 0 Å². The zero-order chi connectivity index (χ0) is 10.8. The first-order valence-corrected chi connectivity index (χ1v) is 5.40. The van der Waals surface area contributed by atoms with Gasteiger partial charge < -0.3 is 9.67 Å². The summed E-state index contributed by atoms with van der Waals surface area (Å²) in [5.74, 6) is 0.803. The molecule has 1 aliphatic carbocycles. The van der Waals surface area contributed by atoms with Gasteiger partial charge in [0.05, 0.1) is 6.42 Å². The number of carbonyl (C=O) groups is 1. The van der Waals surface area contributed by atoms with Gasteiger partial charge in [-0.2, -0.15) is 0 Å². The van der Waals surface area contributed by atoms with Crippen LogP contribution in [0.4, 0.5) is 0 Å². The molecule has 0 radical (unpaired) electrons. The van der Waals surface area contributed by atoms with Crippen LogP contribution in [0.2, 0.25) is 0 Å². The number of imidazole rings is 1. The molecule has 0 aliphatic heterocycles. The molecule has 0 aromatic carbocycles. The van der Waals surface area contributed by atoms with Crippen molar-refractivity contribution in [2.45, 2.75) is 38.0 Å². The number of hydrogen-bond donors (Lipinski definition) is 1. The van der Waals surface area contributed by atoms with Crippen LogP contribution in [0.1, 0.15) is 43.1 Å². The Labute approximate surface area is 88.9 Å². The van der Waals surface area contributed by atoms with Gasteiger partial charge in [0.15, 0.2) is 0 Å². The maximum absolute atomic E-state index is 10.6. The van der Waals surface area contributed by atoms with Gasteiger partial charge in [-0.05, 0) is 12.8 Å². The molecule has 1 aromatic rings. The van der Waals surface area contributed by atoms with Gasteiger partial charge in [0.2, 0.25) is 0 Å². The molecule has 0 spiro atoms. The zero-order valence-corrected chi connectivity index (χ0v) is 8.94. The van der Waals surface area contributed by atoms with E-state index in [4.69, 9.17) is 5.11 Å². The van der Waals surface area contributed by atoms with Crippen molar-refractivity contribution in [2.24, 2.45) is 7.05 Å². The fourth-order valence-electron chi connectivity index (χ4n) is 2.34. The predicted octanol–water partition coefficient (Wildman–Crippen LogP) is 1.70. The van der Waals surface area contributed by atoms with Gasteiger partial charge in [0.1, 0.15) is 5.82 Å². The molecule has 0 unspecified atom stereocenters. The molecular formula is C11H16N2O2. The molecule has 1 aromatic heterocycles. The van der Waals surface area contributed by atoms with Crippen LogP contribution in [0.5, 0.6) is 0 Å². The van der Waals surface area contributed by atoms with Crippen molar-refractivity contribution >= 4 is 5.97 Å². The number of carboxylic acid groups (broad SMARTS) is 1. The van der Waals surface area contributed by atoms with Crippen LogP contribution in [-0.2, 0) is 18.3 Å². The maximum atomic E-state index is 10.6. The minimum absolute atomic E-state index is 0.0657. The van der Waals surface area contributed by atoms with Gasteiger partial charge in [-0.25, -0.2) is 4.98 Å². The Morgan fingerprint density at radius 2 is 2.27 bits per heavy atom. The average Bonchev–Trinajstić information content (AvgIpc) is 2.76. The summed E-state index contributed by atoms with van der Waals surface area (Å²) >= 11 is 0. The normalized spacial score (nSPS) is 17.1. The topological polar surface area (TPSA) is 55.1 Å². The lowest BCUT2D eigenvalue weighted by atomic mass is 10.1. The van der Waals surface area contributed by atoms with Crippen molar-refractivity contribution in [2.75, 3.05) is 0 Å². The van der Waals surface area contributed by atoms with Crippen LogP contribution in [0.15, 0.2) is 6.20 Å². The molecule has 15 heavy (non-hydrogen) atoms. The fraction of sp³-hybridized carbons (Fsp3) is 0.636. The third-order valence-electron chi connectivity index (χ3n) is 3.17. The van der Waals surface area contributed by atoms with E-state index < -0.39 is 5.97 Å². The number of hydrogen-bond acceptors (Lipinski definition) is 2. The predicted molar refractivity (Wildman–Crippen MR) is 55.8 cm³/mol. The molecular weight excluding hydrogens is 192 g/mol. The molecule has 0 amide bonds. The van der Waals surface area contributed by atoms with Crippen LogP contribution in [-0.4, -0.2) is 20.6 Å². The molecule has 4 heteroatoms. The average molecular weight is 208 g/mol. The zero-order valence-electron chi connectivity index (χ0n) is 8.94. The SMILES string of the molecule is Cn1c(CC(=O)O)cnc1C1CCCC1. The smallest absolute Gasteiger partial charge is 0.309 e. The highest BCUT2D eigenvalue weighted by atomic mass is 16.4. The first-order chi connectivity index (χ1) is 7.18. The van der Waals surface area contributed by atoms with Crippen molar-refractivity contribution < 1.29 is 9.90 Å². The summed E-state index contributed by atoms with van der Waals surface area (Å²) in [6, 6.07) is 0. The number of nitrogens with zero attached hydrogens (tertiary/aromatic N) is 2. The minimum atomic E-state index is -0.795. The molecule has 4 nitrogen and oxygen atoms in total. The quantitative estimate of drug-likeness (QED) is 0.822. The van der Waals surface area contributed by atoms with E-state index in [0.717, 1.165) is 11.5 Å². The van der Waals surface area contributed by atoms with Crippen LogP contribution < -0.4 is 0 Å². The van der Waals surface area contributed by atoms with Crippen molar-refractivity contribution in [3.05, 3.63) is 17.7 Å². The van der Waals surface area contributed by atoms with Gasteiger partial charge in [-0.3, -0.25) is 4.79 Å². The van der Waals surface area contributed by atoms with Crippen molar-refractivity contribution in [1.29, 1.82) is 0 Å². The second-order valence-corrected chi connectivity index (χ2v) is 4.22. The number of aromatic nitrogens is 2. The lowest BCUT2D eigenvalue weighted by Gasteiger charge is -2.09. The Balaban J connectivity index is 2.18. The first kappa shape index (κ1) is 10.2. The fourth-order valence-corrected chi connectivity index (χ4v) is 2.34. The molecule has 1 saturated carbocycles. The highest BCUT2D eigenvalue weighted by molar-refractivity contribution is 5.69. The van der Waals surface area contributed by atoms with Gasteiger partial charge in [-0.15, -0.1) is 0 Å². The third-order valence-corrected chi connectivity index (χ3v) is 3.17. The summed E-state index contributed by atoms with van der Waals surface area (Å²) in [4.78, 5) is 15.0. The van der Waals surface area contributed by atoms with E-state index in [0.29, 0.717) is 5.92 Å². The van der Waals surface area contributed by atoms with E-state index in [1.165, 1.54) is 25.7 Å². The summed E-state index contributed by atoms with van der Waals surface area (Å²) in [5, 5.41) is 8.72. The lowest BCUT2D eigenvalue weighted by Crippen LogP contribution is -2.09. The van der Waals surface area contributed by atoms with Gasteiger partial charge in [0.25, 0.3) is 0 Å². The first-order valence-electron chi connectivity index (χ1n) is 5.40.